The SMILES string of the molecule is C[C@H](NC1CC(c2ccccc2F)C1)c1ccc(Br)cc1. The molecule has 21 heavy (non-hydrogen) atoms. The monoisotopic (exact) mass is 347 g/mol. The summed E-state index contributed by atoms with van der Waals surface area (Å²) in [6, 6.07) is 16.3. The molecule has 0 saturated heterocycles. The van der Waals surface area contributed by atoms with Crippen LogP contribution in [0.4, 0.5) is 4.39 Å². The van der Waals surface area contributed by atoms with Crippen molar-refractivity contribution in [1.82, 2.24) is 5.32 Å². The molecule has 2 aromatic rings. The van der Waals surface area contributed by atoms with Gasteiger partial charge in [-0.05, 0) is 55.0 Å². The zero-order valence-corrected chi connectivity index (χ0v) is 13.6. The van der Waals surface area contributed by atoms with E-state index in [4.69, 9.17) is 0 Å². The molecule has 0 aromatic heterocycles. The first-order chi connectivity index (χ1) is 10.1. The third-order valence-corrected chi connectivity index (χ3v) is 4.87. The van der Waals surface area contributed by atoms with Crippen LogP contribution in [-0.4, -0.2) is 6.04 Å². The lowest BCUT2D eigenvalue weighted by Crippen LogP contribution is -2.41. The molecule has 0 amide bonds. The smallest absolute Gasteiger partial charge is 0.126 e. The Morgan fingerprint density at radius 1 is 1.10 bits per heavy atom. The van der Waals surface area contributed by atoms with Crippen molar-refractivity contribution in [2.24, 2.45) is 0 Å². The van der Waals surface area contributed by atoms with Crippen molar-refractivity contribution >= 4 is 15.9 Å². The standard InChI is InChI=1S/C18H19BrFN/c1-12(13-6-8-15(19)9-7-13)21-16-10-14(11-16)17-4-2-3-5-18(17)20/h2-9,12,14,16,21H,10-11H2,1H3/t12-,14?,16?/m0/s1. The summed E-state index contributed by atoms with van der Waals surface area (Å²) in [6.07, 6.45) is 2.03. The first-order valence-corrected chi connectivity index (χ1v) is 8.18. The third kappa shape index (κ3) is 3.35. The summed E-state index contributed by atoms with van der Waals surface area (Å²) in [4.78, 5) is 0. The molecule has 1 fully saturated rings. The average molecular weight is 348 g/mol. The average Bonchev–Trinajstić information content (AvgIpc) is 2.44. The zero-order valence-electron chi connectivity index (χ0n) is 12.0. The summed E-state index contributed by atoms with van der Waals surface area (Å²) in [5.74, 6) is 0.294. The van der Waals surface area contributed by atoms with E-state index in [1.807, 2.05) is 12.1 Å². The van der Waals surface area contributed by atoms with E-state index < -0.39 is 0 Å². The van der Waals surface area contributed by atoms with Gasteiger partial charge in [0.1, 0.15) is 5.82 Å². The summed E-state index contributed by atoms with van der Waals surface area (Å²) < 4.78 is 14.8. The highest BCUT2D eigenvalue weighted by atomic mass is 79.9. The second-order valence-electron chi connectivity index (χ2n) is 5.83. The lowest BCUT2D eigenvalue weighted by atomic mass is 9.75. The normalized spacial score (nSPS) is 22.6. The lowest BCUT2D eigenvalue weighted by molar-refractivity contribution is 0.266. The number of hydrogen-bond donors (Lipinski definition) is 1. The lowest BCUT2D eigenvalue weighted by Gasteiger charge is -2.38. The van der Waals surface area contributed by atoms with Crippen LogP contribution in [-0.2, 0) is 0 Å². The van der Waals surface area contributed by atoms with Crippen molar-refractivity contribution in [2.45, 2.75) is 37.8 Å². The van der Waals surface area contributed by atoms with Crippen LogP contribution in [0, 0.1) is 5.82 Å². The Hall–Kier alpha value is -1.19. The number of benzene rings is 2. The molecule has 0 heterocycles. The van der Waals surface area contributed by atoms with E-state index in [1.54, 1.807) is 12.1 Å². The van der Waals surface area contributed by atoms with Crippen LogP contribution in [0.25, 0.3) is 0 Å². The quantitative estimate of drug-likeness (QED) is 0.802. The molecule has 1 aliphatic carbocycles. The van der Waals surface area contributed by atoms with Crippen LogP contribution in [0.1, 0.15) is 42.9 Å². The molecule has 1 saturated carbocycles. The van der Waals surface area contributed by atoms with Gasteiger partial charge in [0.2, 0.25) is 0 Å². The van der Waals surface area contributed by atoms with Gasteiger partial charge in [0.05, 0.1) is 0 Å². The van der Waals surface area contributed by atoms with Gasteiger partial charge in [0.25, 0.3) is 0 Å². The molecule has 1 atom stereocenters. The highest BCUT2D eigenvalue weighted by Crippen LogP contribution is 2.38. The Kier molecular flexibility index (Phi) is 4.41. The van der Waals surface area contributed by atoms with Gasteiger partial charge < -0.3 is 5.32 Å². The van der Waals surface area contributed by atoms with Gasteiger partial charge in [-0.3, -0.25) is 0 Å². The van der Waals surface area contributed by atoms with E-state index in [2.05, 4.69) is 52.4 Å². The Balaban J connectivity index is 1.55. The molecular weight excluding hydrogens is 329 g/mol. The number of hydrogen-bond acceptors (Lipinski definition) is 1. The fraction of sp³-hybridized carbons (Fsp3) is 0.333. The molecule has 1 aliphatic rings. The van der Waals surface area contributed by atoms with Gasteiger partial charge in [-0.2, -0.15) is 0 Å². The molecule has 110 valence electrons. The van der Waals surface area contributed by atoms with Crippen LogP contribution in [0.3, 0.4) is 0 Å². The van der Waals surface area contributed by atoms with Gasteiger partial charge in [-0.1, -0.05) is 46.3 Å². The first-order valence-electron chi connectivity index (χ1n) is 7.39. The second kappa shape index (κ2) is 6.29. The highest BCUT2D eigenvalue weighted by Gasteiger charge is 2.32. The minimum absolute atomic E-state index is 0.0677. The molecular formula is C18H19BrFN. The van der Waals surface area contributed by atoms with Crippen molar-refractivity contribution in [3.8, 4) is 0 Å². The van der Waals surface area contributed by atoms with E-state index in [0.717, 1.165) is 22.9 Å². The maximum atomic E-state index is 13.7. The van der Waals surface area contributed by atoms with Crippen LogP contribution in [0.5, 0.6) is 0 Å². The van der Waals surface area contributed by atoms with Crippen LogP contribution < -0.4 is 5.32 Å². The maximum Gasteiger partial charge on any atom is 0.126 e. The molecule has 2 aromatic carbocycles. The predicted molar refractivity (Wildman–Crippen MR) is 87.9 cm³/mol. The molecule has 1 N–H and O–H groups in total. The maximum absolute atomic E-state index is 13.7. The molecule has 0 bridgehead atoms. The summed E-state index contributed by atoms with van der Waals surface area (Å²) in [5.41, 5.74) is 2.15. The zero-order chi connectivity index (χ0) is 14.8. The Morgan fingerprint density at radius 2 is 1.76 bits per heavy atom. The molecule has 1 nitrogen and oxygen atoms in total. The van der Waals surface area contributed by atoms with Gasteiger partial charge in [0, 0.05) is 16.6 Å². The van der Waals surface area contributed by atoms with Crippen molar-refractivity contribution in [3.63, 3.8) is 0 Å². The van der Waals surface area contributed by atoms with Gasteiger partial charge in [-0.25, -0.2) is 4.39 Å². The fourth-order valence-electron chi connectivity index (χ4n) is 3.02. The Labute approximate surface area is 133 Å². The van der Waals surface area contributed by atoms with Gasteiger partial charge >= 0.3 is 0 Å². The molecule has 0 radical (unpaired) electrons. The topological polar surface area (TPSA) is 12.0 Å². The van der Waals surface area contributed by atoms with Crippen molar-refractivity contribution in [2.75, 3.05) is 0 Å². The van der Waals surface area contributed by atoms with E-state index in [9.17, 15) is 4.39 Å². The minimum atomic E-state index is -0.0677. The van der Waals surface area contributed by atoms with E-state index >= 15 is 0 Å². The second-order valence-corrected chi connectivity index (χ2v) is 6.74. The number of halogens is 2. The molecule has 3 rings (SSSR count). The molecule has 3 heteroatoms. The van der Waals surface area contributed by atoms with Crippen LogP contribution >= 0.6 is 15.9 Å². The summed E-state index contributed by atoms with van der Waals surface area (Å²) in [5, 5.41) is 3.63. The van der Waals surface area contributed by atoms with Gasteiger partial charge in [0.15, 0.2) is 0 Å². The Morgan fingerprint density at radius 3 is 2.43 bits per heavy atom. The van der Waals surface area contributed by atoms with Crippen LogP contribution in [0.15, 0.2) is 53.0 Å². The fourth-order valence-corrected chi connectivity index (χ4v) is 3.28. The summed E-state index contributed by atoms with van der Waals surface area (Å²) >= 11 is 3.45. The van der Waals surface area contributed by atoms with Crippen LogP contribution in [0.2, 0.25) is 0 Å². The minimum Gasteiger partial charge on any atom is -0.307 e. The number of nitrogens with one attached hydrogen (secondary N) is 1. The molecule has 0 unspecified atom stereocenters. The molecule has 0 spiro atoms. The number of rotatable bonds is 4. The first kappa shape index (κ1) is 14.7. The van der Waals surface area contributed by atoms with Crippen molar-refractivity contribution < 1.29 is 4.39 Å². The van der Waals surface area contributed by atoms with E-state index in [0.29, 0.717) is 18.0 Å². The largest absolute Gasteiger partial charge is 0.307 e. The summed E-state index contributed by atoms with van der Waals surface area (Å²) in [6.45, 7) is 2.18. The third-order valence-electron chi connectivity index (χ3n) is 4.34. The predicted octanol–water partition coefficient (Wildman–Crippen LogP) is 5.19. The highest BCUT2D eigenvalue weighted by molar-refractivity contribution is 9.10. The van der Waals surface area contributed by atoms with Crippen molar-refractivity contribution in [1.29, 1.82) is 0 Å². The summed E-state index contributed by atoms with van der Waals surface area (Å²) in [7, 11) is 0. The van der Waals surface area contributed by atoms with E-state index in [1.165, 1.54) is 5.56 Å². The molecule has 0 aliphatic heterocycles. The van der Waals surface area contributed by atoms with Crippen molar-refractivity contribution in [3.05, 3.63) is 69.9 Å². The Bertz CT molecular complexity index is 605. The van der Waals surface area contributed by atoms with E-state index in [-0.39, 0.29) is 5.82 Å². The van der Waals surface area contributed by atoms with Gasteiger partial charge in [-0.15, -0.1) is 0 Å².